The number of hydrogen-bond acceptors (Lipinski definition) is 7. The van der Waals surface area contributed by atoms with Gasteiger partial charge in [-0.3, -0.25) is 9.59 Å². The molecule has 0 unspecified atom stereocenters. The minimum atomic E-state index is -0.335. The van der Waals surface area contributed by atoms with Crippen molar-refractivity contribution in [2.75, 3.05) is 20.2 Å². The van der Waals surface area contributed by atoms with Gasteiger partial charge < -0.3 is 18.8 Å². The summed E-state index contributed by atoms with van der Waals surface area (Å²) in [4.78, 5) is 24.9. The number of carbonyl (C=O) groups is 2. The molecule has 2 aromatic carbocycles. The Kier molecular flexibility index (Phi) is 4.76. The van der Waals surface area contributed by atoms with Gasteiger partial charge in [0.1, 0.15) is 12.4 Å². The number of hydrogen-bond donors (Lipinski definition) is 0. The van der Waals surface area contributed by atoms with Crippen LogP contribution >= 0.6 is 0 Å². The molecular weight excluding hydrogens is 362 g/mol. The molecule has 8 nitrogen and oxygen atoms in total. The Labute approximate surface area is 160 Å². The summed E-state index contributed by atoms with van der Waals surface area (Å²) in [6, 6.07) is 14.2. The van der Waals surface area contributed by atoms with Gasteiger partial charge in [-0.05, 0) is 30.3 Å². The smallest absolute Gasteiger partial charge is 0.311 e. The minimum absolute atomic E-state index is 0.0507. The van der Waals surface area contributed by atoms with Crippen molar-refractivity contribution in [3.05, 3.63) is 60.0 Å². The first-order valence-electron chi connectivity index (χ1n) is 8.66. The average Bonchev–Trinajstić information content (AvgIpc) is 3.21. The minimum Gasteiger partial charge on any atom is -0.493 e. The topological polar surface area (TPSA) is 94.8 Å². The van der Waals surface area contributed by atoms with E-state index in [1.165, 1.54) is 7.11 Å². The summed E-state index contributed by atoms with van der Waals surface area (Å²) in [5.41, 5.74) is 1.25. The van der Waals surface area contributed by atoms with E-state index >= 15 is 0 Å². The second kappa shape index (κ2) is 7.51. The predicted octanol–water partition coefficient (Wildman–Crippen LogP) is 2.46. The van der Waals surface area contributed by atoms with Crippen LogP contribution in [-0.2, 0) is 0 Å². The molecule has 28 heavy (non-hydrogen) atoms. The van der Waals surface area contributed by atoms with Gasteiger partial charge in [0.05, 0.1) is 20.2 Å². The summed E-state index contributed by atoms with van der Waals surface area (Å²) in [5.74, 6) is 0.911. The van der Waals surface area contributed by atoms with Crippen molar-refractivity contribution in [1.29, 1.82) is 0 Å². The molecule has 0 N–H and O–H groups in total. The Hall–Kier alpha value is -3.68. The number of nitrogens with zero attached hydrogens (tertiary/aromatic N) is 3. The van der Waals surface area contributed by atoms with E-state index in [0.717, 1.165) is 11.8 Å². The lowest BCUT2D eigenvalue weighted by Gasteiger charge is -2.38. The van der Waals surface area contributed by atoms with Crippen molar-refractivity contribution in [1.82, 2.24) is 15.1 Å². The van der Waals surface area contributed by atoms with Gasteiger partial charge in [-0.15, -0.1) is 10.2 Å². The molecule has 1 aliphatic rings. The van der Waals surface area contributed by atoms with Crippen molar-refractivity contribution < 1.29 is 23.5 Å². The number of aromatic nitrogens is 2. The lowest BCUT2D eigenvalue weighted by molar-refractivity contribution is 0.0141. The third-order valence-electron chi connectivity index (χ3n) is 4.38. The number of methoxy groups -OCH3 is 1. The first-order chi connectivity index (χ1) is 13.7. The van der Waals surface area contributed by atoms with Crippen LogP contribution in [-0.4, -0.2) is 53.6 Å². The van der Waals surface area contributed by atoms with E-state index in [2.05, 4.69) is 10.2 Å². The third-order valence-corrected chi connectivity index (χ3v) is 4.38. The van der Waals surface area contributed by atoms with Crippen LogP contribution in [0.5, 0.6) is 11.5 Å². The molecule has 1 fully saturated rings. The van der Waals surface area contributed by atoms with Gasteiger partial charge in [0.15, 0.2) is 11.5 Å². The van der Waals surface area contributed by atoms with E-state index in [1.807, 2.05) is 30.3 Å². The van der Waals surface area contributed by atoms with E-state index in [4.69, 9.17) is 13.9 Å². The standard InChI is InChI=1S/C20H17N3O5/c1-26-17-9-13(12-24)7-8-16(17)27-15-10-23(11-15)20(25)19-22-21-18(28-19)14-5-3-2-4-6-14/h2-9,12,15H,10-11H2,1H3. The zero-order valence-electron chi connectivity index (χ0n) is 15.1. The normalized spacial score (nSPS) is 13.7. The van der Waals surface area contributed by atoms with Gasteiger partial charge in [-0.25, -0.2) is 0 Å². The molecule has 4 rings (SSSR count). The highest BCUT2D eigenvalue weighted by atomic mass is 16.5. The molecule has 0 atom stereocenters. The van der Waals surface area contributed by atoms with Crippen molar-refractivity contribution in [3.8, 4) is 23.0 Å². The molecular formula is C20H17N3O5. The van der Waals surface area contributed by atoms with E-state index in [0.29, 0.717) is 36.0 Å². The molecule has 0 radical (unpaired) electrons. The molecule has 3 aromatic rings. The number of aldehydes is 1. The van der Waals surface area contributed by atoms with Gasteiger partial charge in [0.25, 0.3) is 0 Å². The summed E-state index contributed by atoms with van der Waals surface area (Å²) in [5, 5.41) is 7.78. The third kappa shape index (κ3) is 3.44. The van der Waals surface area contributed by atoms with E-state index in [9.17, 15) is 9.59 Å². The maximum absolute atomic E-state index is 12.5. The quantitative estimate of drug-likeness (QED) is 0.607. The van der Waals surface area contributed by atoms with Crippen LogP contribution in [0.25, 0.3) is 11.5 Å². The van der Waals surface area contributed by atoms with E-state index in [1.54, 1.807) is 23.1 Å². The molecule has 142 valence electrons. The summed E-state index contributed by atoms with van der Waals surface area (Å²) < 4.78 is 16.6. The Morgan fingerprint density at radius 2 is 1.93 bits per heavy atom. The summed E-state index contributed by atoms with van der Waals surface area (Å²) in [6.45, 7) is 0.779. The number of likely N-dealkylation sites (tertiary alicyclic amines) is 1. The Morgan fingerprint density at radius 1 is 1.14 bits per heavy atom. The zero-order chi connectivity index (χ0) is 19.5. The number of rotatable bonds is 6. The molecule has 1 amide bonds. The number of carbonyl (C=O) groups excluding carboxylic acids is 2. The monoisotopic (exact) mass is 379 g/mol. The van der Waals surface area contributed by atoms with Gasteiger partial charge in [0, 0.05) is 11.1 Å². The fourth-order valence-corrected chi connectivity index (χ4v) is 2.86. The summed E-state index contributed by atoms with van der Waals surface area (Å²) in [6.07, 6.45) is 0.556. The van der Waals surface area contributed by atoms with Crippen molar-refractivity contribution >= 4 is 12.2 Å². The SMILES string of the molecule is COc1cc(C=O)ccc1OC1CN(C(=O)c2nnc(-c3ccccc3)o2)C1. The lowest BCUT2D eigenvalue weighted by atomic mass is 10.1. The van der Waals surface area contributed by atoms with Crippen molar-refractivity contribution in [2.45, 2.75) is 6.10 Å². The second-order valence-electron chi connectivity index (χ2n) is 6.26. The second-order valence-corrected chi connectivity index (χ2v) is 6.26. The molecule has 1 aliphatic heterocycles. The molecule has 0 bridgehead atoms. The summed E-state index contributed by atoms with van der Waals surface area (Å²) in [7, 11) is 1.51. The highest BCUT2D eigenvalue weighted by molar-refractivity contribution is 5.90. The van der Waals surface area contributed by atoms with E-state index in [-0.39, 0.29) is 17.9 Å². The van der Waals surface area contributed by atoms with Crippen LogP contribution in [0, 0.1) is 0 Å². The fraction of sp³-hybridized carbons (Fsp3) is 0.200. The summed E-state index contributed by atoms with van der Waals surface area (Å²) >= 11 is 0. The number of ether oxygens (including phenoxy) is 2. The van der Waals surface area contributed by atoms with Crippen LogP contribution in [0.4, 0.5) is 0 Å². The van der Waals surface area contributed by atoms with Crippen molar-refractivity contribution in [3.63, 3.8) is 0 Å². The molecule has 1 aromatic heterocycles. The lowest BCUT2D eigenvalue weighted by Crippen LogP contribution is -2.56. The maximum Gasteiger partial charge on any atom is 0.311 e. The highest BCUT2D eigenvalue weighted by Crippen LogP contribution is 2.30. The van der Waals surface area contributed by atoms with Crippen LogP contribution in [0.3, 0.4) is 0 Å². The number of amides is 1. The van der Waals surface area contributed by atoms with Crippen molar-refractivity contribution in [2.24, 2.45) is 0 Å². The number of benzene rings is 2. The van der Waals surface area contributed by atoms with Crippen LogP contribution in [0.15, 0.2) is 52.9 Å². The van der Waals surface area contributed by atoms with Crippen LogP contribution < -0.4 is 9.47 Å². The molecule has 0 saturated carbocycles. The Bertz CT molecular complexity index is 996. The molecule has 0 aliphatic carbocycles. The molecule has 8 heteroatoms. The molecule has 2 heterocycles. The molecule has 1 saturated heterocycles. The Balaban J connectivity index is 1.37. The zero-order valence-corrected chi connectivity index (χ0v) is 15.1. The predicted molar refractivity (Wildman–Crippen MR) is 98.4 cm³/mol. The van der Waals surface area contributed by atoms with E-state index < -0.39 is 0 Å². The van der Waals surface area contributed by atoms with Gasteiger partial charge in [-0.1, -0.05) is 18.2 Å². The van der Waals surface area contributed by atoms with Gasteiger partial charge in [-0.2, -0.15) is 0 Å². The molecule has 0 spiro atoms. The fourth-order valence-electron chi connectivity index (χ4n) is 2.86. The average molecular weight is 379 g/mol. The largest absolute Gasteiger partial charge is 0.493 e. The highest BCUT2D eigenvalue weighted by Gasteiger charge is 2.35. The van der Waals surface area contributed by atoms with Gasteiger partial charge >= 0.3 is 11.8 Å². The maximum atomic E-state index is 12.5. The van der Waals surface area contributed by atoms with Crippen LogP contribution in [0.1, 0.15) is 21.0 Å². The first kappa shape index (κ1) is 17.7. The Morgan fingerprint density at radius 3 is 2.64 bits per heavy atom. The first-order valence-corrected chi connectivity index (χ1v) is 8.66. The van der Waals surface area contributed by atoms with Crippen LogP contribution in [0.2, 0.25) is 0 Å². The van der Waals surface area contributed by atoms with Gasteiger partial charge in [0.2, 0.25) is 5.89 Å².